The fourth-order valence-corrected chi connectivity index (χ4v) is 9.00. The number of nitrogens with one attached hydrogen (secondary N) is 1. The Hall–Kier alpha value is -5.46. The molecule has 1 N–H and O–H groups in total. The van der Waals surface area contributed by atoms with E-state index in [9.17, 15) is 14.4 Å². The van der Waals surface area contributed by atoms with E-state index in [1.165, 1.54) is 0 Å². The van der Waals surface area contributed by atoms with E-state index in [1.807, 2.05) is 81.4 Å². The number of amides is 1. The van der Waals surface area contributed by atoms with Crippen LogP contribution in [0.2, 0.25) is 10.6 Å². The number of piperazine rings is 2. The Bertz CT molecular complexity index is 2430. The maximum absolute atomic E-state index is 12.8. The first kappa shape index (κ1) is 50.0. The van der Waals surface area contributed by atoms with Crippen molar-refractivity contribution in [2.45, 2.75) is 64.4 Å². The van der Waals surface area contributed by atoms with Crippen LogP contribution in [0.3, 0.4) is 0 Å². The summed E-state index contributed by atoms with van der Waals surface area (Å²) in [5.41, 5.74) is 4.58. The van der Waals surface area contributed by atoms with Gasteiger partial charge in [-0.1, -0.05) is 60.7 Å². The molecule has 16 nitrogen and oxygen atoms in total. The van der Waals surface area contributed by atoms with Crippen LogP contribution < -0.4 is 15.1 Å². The number of benzene rings is 2. The van der Waals surface area contributed by atoms with Crippen LogP contribution in [0.5, 0.6) is 0 Å². The minimum atomic E-state index is -0.578. The highest BCUT2D eigenvalue weighted by atomic mass is 35.5. The molecule has 19 heteroatoms. The second-order valence-electron chi connectivity index (χ2n) is 17.5. The summed E-state index contributed by atoms with van der Waals surface area (Å²) in [5, 5.41) is 3.70. The Morgan fingerprint density at radius 3 is 1.68 bits per heavy atom. The van der Waals surface area contributed by atoms with Crippen molar-refractivity contribution >= 4 is 64.9 Å². The lowest BCUT2D eigenvalue weighted by Gasteiger charge is -2.41. The number of fused-ring (bicyclic) bond motifs is 2. The highest BCUT2D eigenvalue weighted by molar-refractivity contribution is 6.28. The number of aromatic nitrogens is 4. The third-order valence-corrected chi connectivity index (χ3v) is 12.2. The van der Waals surface area contributed by atoms with E-state index in [2.05, 4.69) is 54.5 Å². The van der Waals surface area contributed by atoms with Gasteiger partial charge in [0.2, 0.25) is 23.7 Å². The standard InChI is InChI=1S/C26H31ClN6O3.C21H23ClN6O.ClH/c1-26(2,3)36-25(35)33-11-10-20-21(16-33)29-24(27)30-23(20)32-13-12-31(19(15-32)14-28-4)17-22(34)18-8-6-5-7-9-18;1-23-11-16-13-28(20-17-7-8-24-12-18(17)25-21(22)26-20)10-9-27(16)14-19(29)15-5-3-2-4-6-15;/h5-9,19H,10-17H2,1-3H3;2-6,16,24H,7-14H2;1H/t19-;16-;/m00./s1. The first-order valence-corrected chi connectivity index (χ1v) is 22.7. The smallest absolute Gasteiger partial charge is 0.410 e. The Kier molecular flexibility index (Phi) is 17.3. The molecule has 0 bridgehead atoms. The molecule has 2 atom stereocenters. The second kappa shape index (κ2) is 22.8. The molecule has 4 aromatic rings. The van der Waals surface area contributed by atoms with Gasteiger partial charge in [-0.15, -0.1) is 12.4 Å². The summed E-state index contributed by atoms with van der Waals surface area (Å²) in [7, 11) is 0. The average Bonchev–Trinajstić information content (AvgIpc) is 3.29. The second-order valence-corrected chi connectivity index (χ2v) is 18.1. The van der Waals surface area contributed by atoms with Gasteiger partial charge >= 0.3 is 6.09 Å². The molecule has 4 aliphatic heterocycles. The van der Waals surface area contributed by atoms with E-state index in [1.54, 1.807) is 4.90 Å². The number of hydrogen-bond donors (Lipinski definition) is 1. The van der Waals surface area contributed by atoms with Gasteiger partial charge in [0.15, 0.2) is 11.6 Å². The van der Waals surface area contributed by atoms with Crippen molar-refractivity contribution in [3.05, 3.63) is 128 Å². The van der Waals surface area contributed by atoms with E-state index in [4.69, 9.17) is 41.1 Å². The maximum atomic E-state index is 12.8. The molecule has 8 rings (SSSR count). The molecular formula is C47H55Cl3N12O4. The monoisotopic (exact) mass is 956 g/mol. The van der Waals surface area contributed by atoms with Crippen molar-refractivity contribution in [1.82, 2.24) is 40.0 Å². The Morgan fingerprint density at radius 1 is 0.712 bits per heavy atom. The molecule has 0 spiro atoms. The quantitative estimate of drug-likeness (QED) is 0.109. The minimum absolute atomic E-state index is 0. The van der Waals surface area contributed by atoms with Gasteiger partial charge in [0.1, 0.15) is 29.3 Å². The number of carbonyl (C=O) groups is 3. The van der Waals surface area contributed by atoms with Crippen molar-refractivity contribution in [2.24, 2.45) is 0 Å². The van der Waals surface area contributed by atoms with Crippen LogP contribution in [0.4, 0.5) is 16.4 Å². The van der Waals surface area contributed by atoms with Gasteiger partial charge in [0.25, 0.3) is 0 Å². The number of carbonyl (C=O) groups excluding carboxylic acids is 3. The summed E-state index contributed by atoms with van der Waals surface area (Å²) in [6, 6.07) is 18.4. The van der Waals surface area contributed by atoms with Crippen LogP contribution in [-0.4, -0.2) is 149 Å². The van der Waals surface area contributed by atoms with Crippen LogP contribution in [0, 0.1) is 13.1 Å². The fourth-order valence-electron chi connectivity index (χ4n) is 8.64. The summed E-state index contributed by atoms with van der Waals surface area (Å²) in [6.07, 6.45) is 1.07. The van der Waals surface area contributed by atoms with Crippen molar-refractivity contribution < 1.29 is 19.1 Å². The largest absolute Gasteiger partial charge is 0.444 e. The molecule has 0 unspecified atom stereocenters. The third kappa shape index (κ3) is 12.7. The molecule has 0 aliphatic carbocycles. The topological polar surface area (TPSA) is 149 Å². The number of rotatable bonds is 10. The van der Waals surface area contributed by atoms with Crippen LogP contribution in [0.15, 0.2) is 60.7 Å². The highest BCUT2D eigenvalue weighted by Gasteiger charge is 2.36. The van der Waals surface area contributed by atoms with Crippen molar-refractivity contribution in [3.63, 3.8) is 0 Å². The van der Waals surface area contributed by atoms with Gasteiger partial charge < -0.3 is 34.4 Å². The number of ketones is 2. The number of nitrogens with zero attached hydrogens (tertiary/aromatic N) is 11. The first-order valence-electron chi connectivity index (χ1n) is 21.9. The molecule has 4 aliphatic rings. The minimum Gasteiger partial charge on any atom is -0.444 e. The number of ether oxygens (including phenoxy) is 1. The van der Waals surface area contributed by atoms with Crippen LogP contribution in [-0.2, 0) is 30.7 Å². The molecule has 6 heterocycles. The van der Waals surface area contributed by atoms with E-state index >= 15 is 0 Å². The lowest BCUT2D eigenvalue weighted by atomic mass is 10.0. The van der Waals surface area contributed by atoms with Crippen LogP contribution >= 0.6 is 35.6 Å². The number of hydrogen-bond acceptors (Lipinski definition) is 13. The molecule has 0 radical (unpaired) electrons. The summed E-state index contributed by atoms with van der Waals surface area (Å²) >= 11 is 12.5. The zero-order valence-corrected chi connectivity index (χ0v) is 39.8. The molecule has 0 saturated carbocycles. The fraction of sp³-hybridized carbons (Fsp3) is 0.468. The molecular weight excluding hydrogens is 903 g/mol. The van der Waals surface area contributed by atoms with Gasteiger partial charge in [-0.2, -0.15) is 0 Å². The Labute approximate surface area is 402 Å². The molecule has 1 amide bonds. The van der Waals surface area contributed by atoms with Crippen molar-refractivity contribution in [1.29, 1.82) is 0 Å². The van der Waals surface area contributed by atoms with E-state index in [-0.39, 0.29) is 65.8 Å². The predicted molar refractivity (Wildman–Crippen MR) is 257 cm³/mol. The number of halogens is 3. The van der Waals surface area contributed by atoms with Crippen molar-refractivity contribution in [3.8, 4) is 0 Å². The van der Waals surface area contributed by atoms with Crippen molar-refractivity contribution in [2.75, 3.05) is 88.3 Å². The van der Waals surface area contributed by atoms with Gasteiger partial charge in [-0.05, 0) is 63.4 Å². The molecule has 348 valence electrons. The molecule has 2 aromatic heterocycles. The van der Waals surface area contributed by atoms with E-state index in [0.717, 1.165) is 48.0 Å². The first-order chi connectivity index (χ1) is 31.3. The lowest BCUT2D eigenvalue weighted by molar-refractivity contribution is 0.0220. The number of anilines is 2. The van der Waals surface area contributed by atoms with Gasteiger partial charge in [-0.3, -0.25) is 19.4 Å². The molecule has 66 heavy (non-hydrogen) atoms. The Morgan fingerprint density at radius 2 is 1.20 bits per heavy atom. The third-order valence-electron chi connectivity index (χ3n) is 11.9. The van der Waals surface area contributed by atoms with Crippen LogP contribution in [0.1, 0.15) is 64.0 Å². The zero-order valence-electron chi connectivity index (χ0n) is 37.5. The van der Waals surface area contributed by atoms with E-state index < -0.39 is 5.60 Å². The summed E-state index contributed by atoms with van der Waals surface area (Å²) < 4.78 is 5.52. The summed E-state index contributed by atoms with van der Waals surface area (Å²) in [6.45, 7) is 27.9. The summed E-state index contributed by atoms with van der Waals surface area (Å²) in [4.78, 5) is 73.4. The van der Waals surface area contributed by atoms with Gasteiger partial charge in [0.05, 0.1) is 31.0 Å². The maximum Gasteiger partial charge on any atom is 0.410 e. The molecule has 2 fully saturated rings. The predicted octanol–water partition coefficient (Wildman–Crippen LogP) is 6.21. The van der Waals surface area contributed by atoms with E-state index in [0.29, 0.717) is 88.7 Å². The molecule has 2 saturated heterocycles. The average molecular weight is 958 g/mol. The number of Topliss-reactive ketones (excluding diaryl/α,β-unsaturated/α-hetero) is 2. The van der Waals surface area contributed by atoms with Gasteiger partial charge in [0, 0.05) is 74.6 Å². The normalized spacial score (nSPS) is 18.6. The Balaban J connectivity index is 0.000000220. The lowest BCUT2D eigenvalue weighted by Crippen LogP contribution is -2.56. The zero-order chi connectivity index (χ0) is 46.1. The van der Waals surface area contributed by atoms with Crippen LogP contribution in [0.25, 0.3) is 9.69 Å². The SMILES string of the molecule is Cl.[C-]#[N+]C[C@H]1CN(c2nc(Cl)nc3c2CCN(C(=O)OC(C)(C)C)C3)CCN1CC(=O)c1ccccc1.[C-]#[N+]C[C@H]1CN(c2nc(Cl)nc3c2CCNC3)CCN1CC(=O)c1ccccc1. The summed E-state index contributed by atoms with van der Waals surface area (Å²) in [5.74, 6) is 1.76. The van der Waals surface area contributed by atoms with Gasteiger partial charge in [-0.25, -0.2) is 37.9 Å². The highest BCUT2D eigenvalue weighted by Crippen LogP contribution is 2.31. The molecule has 2 aromatic carbocycles.